The fourth-order valence-corrected chi connectivity index (χ4v) is 0.833. The van der Waals surface area contributed by atoms with Crippen LogP contribution in [0.15, 0.2) is 4.52 Å². The second-order valence-electron chi connectivity index (χ2n) is 2.75. The summed E-state index contributed by atoms with van der Waals surface area (Å²) >= 11 is 0. The van der Waals surface area contributed by atoms with Gasteiger partial charge < -0.3 is 15.0 Å². The maximum absolute atomic E-state index is 11.7. The first-order chi connectivity index (χ1) is 7.01. The number of halogens is 3. The molecule has 0 aliphatic heterocycles. The van der Waals surface area contributed by atoms with E-state index in [1.165, 1.54) is 0 Å². The highest BCUT2D eigenvalue weighted by Crippen LogP contribution is 2.15. The molecule has 0 saturated carbocycles. The molecule has 0 amide bonds. The third kappa shape index (κ3) is 4.75. The lowest BCUT2D eigenvalue weighted by atomic mass is 10.4. The summed E-state index contributed by atoms with van der Waals surface area (Å²) in [6, 6.07) is 0. The quantitative estimate of drug-likeness (QED) is 0.796. The second kappa shape index (κ2) is 5.08. The van der Waals surface area contributed by atoms with E-state index in [0.717, 1.165) is 0 Å². The largest absolute Gasteiger partial charge is 0.411 e. The highest BCUT2D eigenvalue weighted by molar-refractivity contribution is 4.85. The summed E-state index contributed by atoms with van der Waals surface area (Å²) < 4.78 is 44.0. The third-order valence-corrected chi connectivity index (χ3v) is 1.37. The maximum Gasteiger partial charge on any atom is 0.411 e. The van der Waals surface area contributed by atoms with Crippen LogP contribution in [0.3, 0.4) is 0 Å². The number of hydrogen-bond donors (Lipinski definition) is 1. The Kier molecular flexibility index (Phi) is 4.04. The van der Waals surface area contributed by atoms with Gasteiger partial charge in [0.1, 0.15) is 13.2 Å². The maximum atomic E-state index is 11.7. The Morgan fingerprint density at radius 2 is 2.13 bits per heavy atom. The molecule has 1 rings (SSSR count). The molecule has 1 aromatic rings. The Morgan fingerprint density at radius 1 is 1.40 bits per heavy atom. The van der Waals surface area contributed by atoms with E-state index in [1.54, 1.807) is 0 Å². The van der Waals surface area contributed by atoms with Crippen molar-refractivity contribution in [3.05, 3.63) is 11.7 Å². The molecule has 0 fully saturated rings. The molecule has 0 saturated heterocycles. The van der Waals surface area contributed by atoms with Crippen molar-refractivity contribution in [2.24, 2.45) is 5.73 Å². The van der Waals surface area contributed by atoms with E-state index in [9.17, 15) is 13.2 Å². The molecule has 0 aliphatic carbocycles. The first-order valence-corrected chi connectivity index (χ1v) is 4.17. The summed E-state index contributed by atoms with van der Waals surface area (Å²) in [5.41, 5.74) is 5.23. The van der Waals surface area contributed by atoms with E-state index in [0.29, 0.717) is 18.8 Å². The Labute approximate surface area is 83.4 Å². The molecule has 86 valence electrons. The number of ether oxygens (including phenoxy) is 1. The van der Waals surface area contributed by atoms with Crippen LogP contribution in [0.2, 0.25) is 0 Å². The topological polar surface area (TPSA) is 74.2 Å². The Bertz CT molecular complexity index is 300. The smallest absolute Gasteiger partial charge is 0.362 e. The van der Waals surface area contributed by atoms with E-state index in [2.05, 4.69) is 19.4 Å². The van der Waals surface area contributed by atoms with Gasteiger partial charge in [-0.05, 0) is 6.54 Å². The number of rotatable bonds is 5. The van der Waals surface area contributed by atoms with Gasteiger partial charge in [0.15, 0.2) is 5.82 Å². The van der Waals surface area contributed by atoms with Gasteiger partial charge in [-0.25, -0.2) is 0 Å². The molecule has 15 heavy (non-hydrogen) atoms. The average molecular weight is 225 g/mol. The normalized spacial score (nSPS) is 12.0. The molecule has 1 aromatic heterocycles. The SMILES string of the molecule is NCCc1noc(COCC(F)(F)F)n1. The molecule has 0 unspecified atom stereocenters. The van der Waals surface area contributed by atoms with Crippen molar-refractivity contribution in [2.75, 3.05) is 13.2 Å². The monoisotopic (exact) mass is 225 g/mol. The average Bonchev–Trinajstić information content (AvgIpc) is 2.51. The molecule has 5 nitrogen and oxygen atoms in total. The van der Waals surface area contributed by atoms with Crippen molar-refractivity contribution in [3.8, 4) is 0 Å². The van der Waals surface area contributed by atoms with Gasteiger partial charge in [0, 0.05) is 6.42 Å². The molecule has 0 spiro atoms. The Hall–Kier alpha value is -1.15. The van der Waals surface area contributed by atoms with Crippen LogP contribution >= 0.6 is 0 Å². The molecular weight excluding hydrogens is 215 g/mol. The van der Waals surface area contributed by atoms with Crippen molar-refractivity contribution in [3.63, 3.8) is 0 Å². The highest BCUT2D eigenvalue weighted by atomic mass is 19.4. The summed E-state index contributed by atoms with van der Waals surface area (Å²) in [7, 11) is 0. The Balaban J connectivity index is 2.31. The van der Waals surface area contributed by atoms with Crippen LogP contribution in [0.5, 0.6) is 0 Å². The summed E-state index contributed by atoms with van der Waals surface area (Å²) in [4.78, 5) is 3.77. The lowest BCUT2D eigenvalue weighted by Crippen LogP contribution is -2.16. The van der Waals surface area contributed by atoms with Crippen molar-refractivity contribution in [1.82, 2.24) is 10.1 Å². The summed E-state index contributed by atoms with van der Waals surface area (Å²) in [6.07, 6.45) is -3.93. The van der Waals surface area contributed by atoms with Gasteiger partial charge >= 0.3 is 6.18 Å². The zero-order valence-corrected chi connectivity index (χ0v) is 7.75. The minimum atomic E-state index is -4.35. The first-order valence-electron chi connectivity index (χ1n) is 4.17. The van der Waals surface area contributed by atoms with Crippen molar-refractivity contribution in [1.29, 1.82) is 0 Å². The van der Waals surface area contributed by atoms with Gasteiger partial charge in [0.05, 0.1) is 0 Å². The predicted octanol–water partition coefficient (Wildman–Crippen LogP) is 0.650. The van der Waals surface area contributed by atoms with Crippen LogP contribution in [-0.4, -0.2) is 29.5 Å². The second-order valence-corrected chi connectivity index (χ2v) is 2.75. The van der Waals surface area contributed by atoms with Crippen molar-refractivity contribution >= 4 is 0 Å². The van der Waals surface area contributed by atoms with Crippen LogP contribution < -0.4 is 5.73 Å². The third-order valence-electron chi connectivity index (χ3n) is 1.37. The number of hydrogen-bond acceptors (Lipinski definition) is 5. The van der Waals surface area contributed by atoms with E-state index < -0.39 is 12.8 Å². The fourth-order valence-electron chi connectivity index (χ4n) is 0.833. The van der Waals surface area contributed by atoms with Gasteiger partial charge in [0.2, 0.25) is 0 Å². The van der Waals surface area contributed by atoms with E-state index in [1.807, 2.05) is 0 Å². The van der Waals surface area contributed by atoms with Gasteiger partial charge in [-0.3, -0.25) is 0 Å². The van der Waals surface area contributed by atoms with E-state index in [-0.39, 0.29) is 12.5 Å². The summed E-state index contributed by atoms with van der Waals surface area (Å²) in [6.45, 7) is -1.33. The van der Waals surface area contributed by atoms with E-state index >= 15 is 0 Å². The number of nitrogens with zero attached hydrogens (tertiary/aromatic N) is 2. The van der Waals surface area contributed by atoms with Crippen LogP contribution in [0.25, 0.3) is 0 Å². The lowest BCUT2D eigenvalue weighted by Gasteiger charge is -2.04. The summed E-state index contributed by atoms with van der Waals surface area (Å²) in [5, 5.41) is 3.49. The molecule has 2 N–H and O–H groups in total. The molecule has 0 bridgehead atoms. The first kappa shape index (κ1) is 11.9. The number of nitrogens with two attached hydrogens (primary N) is 1. The van der Waals surface area contributed by atoms with Gasteiger partial charge in [0.25, 0.3) is 5.89 Å². The molecule has 0 radical (unpaired) electrons. The molecule has 0 aliphatic rings. The zero-order chi connectivity index (χ0) is 11.3. The molecule has 0 aromatic carbocycles. The molecule has 1 heterocycles. The number of aromatic nitrogens is 2. The fraction of sp³-hybridized carbons (Fsp3) is 0.714. The minimum Gasteiger partial charge on any atom is -0.362 e. The van der Waals surface area contributed by atoms with Crippen molar-refractivity contribution in [2.45, 2.75) is 19.2 Å². The van der Waals surface area contributed by atoms with Crippen LogP contribution in [-0.2, 0) is 17.8 Å². The minimum absolute atomic E-state index is 0.0164. The predicted molar refractivity (Wildman–Crippen MR) is 42.8 cm³/mol. The van der Waals surface area contributed by atoms with Gasteiger partial charge in [-0.2, -0.15) is 18.2 Å². The van der Waals surface area contributed by atoms with Crippen LogP contribution in [0, 0.1) is 0 Å². The van der Waals surface area contributed by atoms with Crippen LogP contribution in [0.1, 0.15) is 11.7 Å². The summed E-state index contributed by atoms with van der Waals surface area (Å²) in [5.74, 6) is 0.380. The van der Waals surface area contributed by atoms with Gasteiger partial charge in [-0.1, -0.05) is 5.16 Å². The molecule has 8 heteroatoms. The van der Waals surface area contributed by atoms with Crippen LogP contribution in [0.4, 0.5) is 13.2 Å². The lowest BCUT2D eigenvalue weighted by molar-refractivity contribution is -0.178. The number of alkyl halides is 3. The molecular formula is C7H10F3N3O2. The van der Waals surface area contributed by atoms with Gasteiger partial charge in [-0.15, -0.1) is 0 Å². The van der Waals surface area contributed by atoms with Crippen molar-refractivity contribution < 1.29 is 22.4 Å². The zero-order valence-electron chi connectivity index (χ0n) is 7.75. The standard InChI is InChI=1S/C7H10F3N3O2/c8-7(9,10)4-14-3-6-12-5(1-2-11)13-15-6/h1-4,11H2. The molecule has 0 atom stereocenters. The highest BCUT2D eigenvalue weighted by Gasteiger charge is 2.27. The Morgan fingerprint density at radius 3 is 2.73 bits per heavy atom. The van der Waals surface area contributed by atoms with E-state index in [4.69, 9.17) is 5.73 Å².